The van der Waals surface area contributed by atoms with E-state index in [9.17, 15) is 9.59 Å². The Labute approximate surface area is 218 Å². The lowest BCUT2D eigenvalue weighted by atomic mass is 10.1. The predicted octanol–water partition coefficient (Wildman–Crippen LogP) is 6.72. The minimum absolute atomic E-state index is 0.142. The Bertz CT molecular complexity index is 1290. The van der Waals surface area contributed by atoms with Gasteiger partial charge in [0, 0.05) is 20.6 Å². The van der Waals surface area contributed by atoms with Gasteiger partial charge >= 0.3 is 6.03 Å². The molecule has 1 heterocycles. The molecule has 0 aromatic heterocycles. The summed E-state index contributed by atoms with van der Waals surface area (Å²) in [6.45, 7) is 2.65. The third kappa shape index (κ3) is 6.09. The molecule has 3 aromatic carbocycles. The van der Waals surface area contributed by atoms with Crippen molar-refractivity contribution in [2.45, 2.75) is 20.1 Å². The van der Waals surface area contributed by atoms with Crippen molar-refractivity contribution in [1.29, 1.82) is 0 Å². The molecule has 3 amide bonds. The lowest BCUT2D eigenvalue weighted by Crippen LogP contribution is -2.30. The molecule has 1 saturated heterocycles. The van der Waals surface area contributed by atoms with E-state index in [-0.39, 0.29) is 18.8 Å². The average molecular weight is 532 g/mol. The van der Waals surface area contributed by atoms with Crippen LogP contribution < -0.4 is 14.8 Å². The number of halogens is 3. The fourth-order valence-corrected chi connectivity index (χ4v) is 4.04. The van der Waals surface area contributed by atoms with E-state index in [0.717, 1.165) is 16.0 Å². The summed E-state index contributed by atoms with van der Waals surface area (Å²) in [5.74, 6) is 0.605. The highest BCUT2D eigenvalue weighted by molar-refractivity contribution is 6.35. The lowest BCUT2D eigenvalue weighted by Gasteiger charge is -2.13. The van der Waals surface area contributed by atoms with E-state index in [1.165, 1.54) is 0 Å². The van der Waals surface area contributed by atoms with Crippen LogP contribution in [-0.4, -0.2) is 23.4 Å². The molecule has 3 aromatic rings. The van der Waals surface area contributed by atoms with Crippen LogP contribution in [0.25, 0.3) is 6.08 Å². The maximum absolute atomic E-state index is 12.9. The normalized spacial score (nSPS) is 14.4. The van der Waals surface area contributed by atoms with Gasteiger partial charge in [-0.25, -0.2) is 4.79 Å². The summed E-state index contributed by atoms with van der Waals surface area (Å²) < 4.78 is 11.7. The molecule has 1 N–H and O–H groups in total. The minimum atomic E-state index is -0.485. The second-order valence-corrected chi connectivity index (χ2v) is 8.95. The van der Waals surface area contributed by atoms with Gasteiger partial charge < -0.3 is 14.8 Å². The van der Waals surface area contributed by atoms with Crippen molar-refractivity contribution < 1.29 is 19.1 Å². The van der Waals surface area contributed by atoms with Crippen LogP contribution in [0.4, 0.5) is 4.79 Å². The van der Waals surface area contributed by atoms with E-state index in [1.54, 1.807) is 66.7 Å². The summed E-state index contributed by atoms with van der Waals surface area (Å²) in [5, 5.41) is 4.27. The number of rotatable bonds is 8. The molecule has 0 unspecified atom stereocenters. The van der Waals surface area contributed by atoms with Crippen molar-refractivity contribution in [2.75, 3.05) is 6.61 Å². The van der Waals surface area contributed by atoms with Crippen molar-refractivity contribution in [3.05, 3.63) is 98.1 Å². The van der Waals surface area contributed by atoms with Gasteiger partial charge in [-0.1, -0.05) is 59.1 Å². The highest BCUT2D eigenvalue weighted by atomic mass is 35.5. The van der Waals surface area contributed by atoms with Crippen LogP contribution >= 0.6 is 34.8 Å². The van der Waals surface area contributed by atoms with Crippen LogP contribution in [-0.2, 0) is 17.9 Å². The molecule has 1 aliphatic rings. The lowest BCUT2D eigenvalue weighted by molar-refractivity contribution is -0.123. The molecule has 0 spiro atoms. The minimum Gasteiger partial charge on any atom is -0.490 e. The predicted molar refractivity (Wildman–Crippen MR) is 137 cm³/mol. The zero-order chi connectivity index (χ0) is 24.9. The largest absolute Gasteiger partial charge is 0.490 e. The molecule has 0 saturated carbocycles. The maximum Gasteiger partial charge on any atom is 0.329 e. The van der Waals surface area contributed by atoms with Gasteiger partial charge in [-0.05, 0) is 60.5 Å². The molecule has 0 atom stereocenters. The smallest absolute Gasteiger partial charge is 0.329 e. The van der Waals surface area contributed by atoms with E-state index in [2.05, 4.69) is 5.32 Å². The van der Waals surface area contributed by atoms with E-state index in [1.807, 2.05) is 6.92 Å². The molecular formula is C26H21Cl3N2O4. The summed E-state index contributed by atoms with van der Waals surface area (Å²) in [6.07, 6.45) is 1.60. The number of imide groups is 1. The number of nitrogens with one attached hydrogen (secondary N) is 1. The molecule has 6 nitrogen and oxygen atoms in total. The molecule has 0 radical (unpaired) electrons. The second-order valence-electron chi connectivity index (χ2n) is 7.67. The average Bonchev–Trinajstić information content (AvgIpc) is 3.08. The first kappa shape index (κ1) is 24.9. The number of carbonyl (C=O) groups is 2. The van der Waals surface area contributed by atoms with Gasteiger partial charge in [0.15, 0.2) is 11.5 Å². The highest BCUT2D eigenvalue weighted by Crippen LogP contribution is 2.31. The number of amides is 3. The van der Waals surface area contributed by atoms with Crippen LogP contribution in [0.1, 0.15) is 23.6 Å². The van der Waals surface area contributed by atoms with Gasteiger partial charge in [-0.2, -0.15) is 0 Å². The molecule has 180 valence electrons. The quantitative estimate of drug-likeness (QED) is 0.259. The van der Waals surface area contributed by atoms with Crippen LogP contribution in [0, 0.1) is 0 Å². The van der Waals surface area contributed by atoms with Gasteiger partial charge in [-0.3, -0.25) is 9.69 Å². The number of benzene rings is 3. The number of carbonyl (C=O) groups excluding carboxylic acids is 2. The van der Waals surface area contributed by atoms with Crippen molar-refractivity contribution in [1.82, 2.24) is 10.2 Å². The van der Waals surface area contributed by atoms with Gasteiger partial charge in [0.2, 0.25) is 0 Å². The molecule has 0 bridgehead atoms. The van der Waals surface area contributed by atoms with Gasteiger partial charge in [-0.15, -0.1) is 0 Å². The second kappa shape index (κ2) is 11.0. The number of ether oxygens (including phenoxy) is 2. The Kier molecular flexibility index (Phi) is 7.86. The molecule has 1 fully saturated rings. The Morgan fingerprint density at radius 1 is 0.886 bits per heavy atom. The Hall–Kier alpha value is -3.19. The molecule has 1 aliphatic heterocycles. The Balaban J connectivity index is 1.50. The van der Waals surface area contributed by atoms with Crippen molar-refractivity contribution >= 4 is 52.8 Å². The van der Waals surface area contributed by atoms with Crippen molar-refractivity contribution in [2.24, 2.45) is 0 Å². The first-order valence-electron chi connectivity index (χ1n) is 10.8. The fourth-order valence-electron chi connectivity index (χ4n) is 3.45. The summed E-state index contributed by atoms with van der Waals surface area (Å²) in [5.41, 5.74) is 2.42. The highest BCUT2D eigenvalue weighted by Gasteiger charge is 2.33. The zero-order valence-electron chi connectivity index (χ0n) is 18.7. The van der Waals surface area contributed by atoms with Crippen LogP contribution in [0.3, 0.4) is 0 Å². The van der Waals surface area contributed by atoms with Gasteiger partial charge in [0.25, 0.3) is 5.91 Å². The summed E-state index contributed by atoms with van der Waals surface area (Å²) in [4.78, 5) is 26.4. The van der Waals surface area contributed by atoms with Gasteiger partial charge in [0.1, 0.15) is 12.3 Å². The van der Waals surface area contributed by atoms with Crippen molar-refractivity contribution in [3.63, 3.8) is 0 Å². The summed E-state index contributed by atoms with van der Waals surface area (Å²) >= 11 is 18.1. The number of urea groups is 1. The molecular weight excluding hydrogens is 511 g/mol. The van der Waals surface area contributed by atoms with E-state index in [4.69, 9.17) is 44.3 Å². The molecule has 35 heavy (non-hydrogen) atoms. The number of nitrogens with zero attached hydrogens (tertiary/aromatic N) is 1. The Morgan fingerprint density at radius 2 is 1.63 bits per heavy atom. The topological polar surface area (TPSA) is 67.9 Å². The SMILES string of the molecule is CCOc1cc(/C=C2\NC(=O)N(Cc3ccc(Cl)cc3)C2=O)ccc1OCc1ccc(Cl)cc1Cl. The zero-order valence-corrected chi connectivity index (χ0v) is 21.0. The molecule has 4 rings (SSSR count). The maximum atomic E-state index is 12.9. The summed E-state index contributed by atoms with van der Waals surface area (Å²) in [6, 6.07) is 17.0. The van der Waals surface area contributed by atoms with E-state index < -0.39 is 11.9 Å². The first-order valence-corrected chi connectivity index (χ1v) is 11.9. The third-order valence-corrected chi connectivity index (χ3v) is 6.03. The third-order valence-electron chi connectivity index (χ3n) is 5.19. The van der Waals surface area contributed by atoms with E-state index >= 15 is 0 Å². The van der Waals surface area contributed by atoms with Crippen LogP contribution in [0.5, 0.6) is 11.5 Å². The monoisotopic (exact) mass is 530 g/mol. The van der Waals surface area contributed by atoms with Crippen molar-refractivity contribution in [3.8, 4) is 11.5 Å². The van der Waals surface area contributed by atoms with Crippen LogP contribution in [0.2, 0.25) is 15.1 Å². The summed E-state index contributed by atoms with van der Waals surface area (Å²) in [7, 11) is 0. The fraction of sp³-hybridized carbons (Fsp3) is 0.154. The van der Waals surface area contributed by atoms with E-state index in [0.29, 0.717) is 38.7 Å². The first-order chi connectivity index (χ1) is 16.8. The van der Waals surface area contributed by atoms with Gasteiger partial charge in [0.05, 0.1) is 13.2 Å². The standard InChI is InChI=1S/C26H21Cl3N2O4/c1-2-34-24-12-17(5-10-23(24)35-15-18-6-9-20(28)13-21(18)29)11-22-25(32)31(26(33)30-22)14-16-3-7-19(27)8-4-16/h3-13H,2,14-15H2,1H3,(H,30,33)/b22-11-. The number of hydrogen-bond acceptors (Lipinski definition) is 4. The molecule has 9 heteroatoms. The number of hydrogen-bond donors (Lipinski definition) is 1. The molecule has 0 aliphatic carbocycles. The Morgan fingerprint density at radius 3 is 2.34 bits per heavy atom. The van der Waals surface area contributed by atoms with Crippen LogP contribution in [0.15, 0.2) is 66.4 Å².